The Morgan fingerprint density at radius 3 is 2.68 bits per heavy atom. The van der Waals surface area contributed by atoms with E-state index in [1.165, 1.54) is 18.3 Å². The van der Waals surface area contributed by atoms with Gasteiger partial charge in [-0.2, -0.15) is 0 Å². The number of nitrogens with one attached hydrogen (secondary N) is 1. The molecule has 0 aliphatic heterocycles. The summed E-state index contributed by atoms with van der Waals surface area (Å²) < 4.78 is 5.04. The number of carbonyl (C=O) groups excluding carboxylic acids is 1. The van der Waals surface area contributed by atoms with Crippen LogP contribution in [-0.4, -0.2) is 41.7 Å². The van der Waals surface area contributed by atoms with Gasteiger partial charge in [0.2, 0.25) is 0 Å². The molecule has 0 aliphatic carbocycles. The second-order valence-electron chi connectivity index (χ2n) is 4.15. The van der Waals surface area contributed by atoms with Crippen molar-refractivity contribution in [2.24, 2.45) is 0 Å². The maximum Gasteiger partial charge on any atom is 0.354 e. The van der Waals surface area contributed by atoms with E-state index >= 15 is 0 Å². The van der Waals surface area contributed by atoms with Crippen LogP contribution in [0.25, 0.3) is 0 Å². The molecule has 1 atom stereocenters. The third kappa shape index (κ3) is 4.67. The maximum atomic E-state index is 11.9. The summed E-state index contributed by atoms with van der Waals surface area (Å²) >= 11 is 0. The lowest BCUT2D eigenvalue weighted by Crippen LogP contribution is -2.38. The number of carbonyl (C=O) groups is 2. The Kier molecular flexibility index (Phi) is 5.95. The molecule has 0 spiro atoms. The number of carboxylic acid groups (broad SMARTS) is 1. The number of carboxylic acids is 1. The highest BCUT2D eigenvalue weighted by molar-refractivity contribution is 5.95. The average molecular weight is 266 g/mol. The zero-order valence-electron chi connectivity index (χ0n) is 11.0. The molecule has 19 heavy (non-hydrogen) atoms. The molecule has 6 heteroatoms. The van der Waals surface area contributed by atoms with E-state index in [1.807, 2.05) is 6.92 Å². The normalized spacial score (nSPS) is 11.9. The molecule has 2 N–H and O–H groups in total. The van der Waals surface area contributed by atoms with Crippen molar-refractivity contribution in [3.05, 3.63) is 29.6 Å². The van der Waals surface area contributed by atoms with Crippen LogP contribution in [0, 0.1) is 0 Å². The van der Waals surface area contributed by atoms with Gasteiger partial charge >= 0.3 is 5.97 Å². The quantitative estimate of drug-likeness (QED) is 0.777. The first-order valence-electron chi connectivity index (χ1n) is 6.07. The monoisotopic (exact) mass is 266 g/mol. The summed E-state index contributed by atoms with van der Waals surface area (Å²) in [7, 11) is 1.58. The van der Waals surface area contributed by atoms with Crippen molar-refractivity contribution in [1.29, 1.82) is 0 Å². The van der Waals surface area contributed by atoms with Gasteiger partial charge in [0.1, 0.15) is 5.69 Å². The van der Waals surface area contributed by atoms with Gasteiger partial charge in [0.15, 0.2) is 0 Å². The van der Waals surface area contributed by atoms with Crippen LogP contribution in [0.4, 0.5) is 0 Å². The van der Waals surface area contributed by atoms with Gasteiger partial charge in [-0.1, -0.05) is 13.3 Å². The molecule has 0 fully saturated rings. The highest BCUT2D eigenvalue weighted by Crippen LogP contribution is 2.03. The number of pyridine rings is 1. The van der Waals surface area contributed by atoms with Crippen molar-refractivity contribution in [3.63, 3.8) is 0 Å². The van der Waals surface area contributed by atoms with Crippen LogP contribution in [0.3, 0.4) is 0 Å². The van der Waals surface area contributed by atoms with Gasteiger partial charge in [-0.15, -0.1) is 0 Å². The standard InChI is InChI=1S/C13H18N2O4/c1-3-4-10(8-19-2)15-12(16)9-5-6-11(13(17)18)14-7-9/h5-7,10H,3-4,8H2,1-2H3,(H,15,16)(H,17,18). The number of ether oxygens (including phenoxy) is 1. The van der Waals surface area contributed by atoms with Crippen molar-refractivity contribution in [3.8, 4) is 0 Å². The molecule has 0 saturated heterocycles. The smallest absolute Gasteiger partial charge is 0.354 e. The molecule has 0 bridgehead atoms. The Labute approximate surface area is 111 Å². The van der Waals surface area contributed by atoms with E-state index in [9.17, 15) is 9.59 Å². The van der Waals surface area contributed by atoms with E-state index in [4.69, 9.17) is 9.84 Å². The number of methoxy groups -OCH3 is 1. The van der Waals surface area contributed by atoms with Gasteiger partial charge in [-0.25, -0.2) is 9.78 Å². The summed E-state index contributed by atoms with van der Waals surface area (Å²) in [5.74, 6) is -1.39. The predicted molar refractivity (Wildman–Crippen MR) is 69.2 cm³/mol. The summed E-state index contributed by atoms with van der Waals surface area (Å²) in [5.41, 5.74) is 0.251. The highest BCUT2D eigenvalue weighted by atomic mass is 16.5. The molecular formula is C13H18N2O4. The lowest BCUT2D eigenvalue weighted by Gasteiger charge is -2.17. The molecule has 0 aromatic carbocycles. The first-order chi connectivity index (χ1) is 9.08. The molecule has 0 radical (unpaired) electrons. The SMILES string of the molecule is CCCC(COC)NC(=O)c1ccc(C(=O)O)nc1. The van der Waals surface area contributed by atoms with E-state index in [0.29, 0.717) is 12.2 Å². The van der Waals surface area contributed by atoms with Crippen LogP contribution in [0.1, 0.15) is 40.6 Å². The third-order valence-electron chi connectivity index (χ3n) is 2.58. The molecule has 0 aliphatic rings. The highest BCUT2D eigenvalue weighted by Gasteiger charge is 2.14. The molecular weight excluding hydrogens is 248 g/mol. The zero-order chi connectivity index (χ0) is 14.3. The number of hydrogen-bond donors (Lipinski definition) is 2. The zero-order valence-corrected chi connectivity index (χ0v) is 11.0. The van der Waals surface area contributed by atoms with E-state index < -0.39 is 5.97 Å². The average Bonchev–Trinajstić information content (AvgIpc) is 2.39. The van der Waals surface area contributed by atoms with Crippen LogP contribution in [0.5, 0.6) is 0 Å². The van der Waals surface area contributed by atoms with Crippen molar-refractivity contribution >= 4 is 11.9 Å². The van der Waals surface area contributed by atoms with E-state index in [2.05, 4.69) is 10.3 Å². The summed E-state index contributed by atoms with van der Waals surface area (Å²) in [6.07, 6.45) is 3.01. The first kappa shape index (κ1) is 15.1. The topological polar surface area (TPSA) is 88.5 Å². The van der Waals surface area contributed by atoms with Crippen LogP contribution >= 0.6 is 0 Å². The molecule has 0 saturated carbocycles. The third-order valence-corrected chi connectivity index (χ3v) is 2.58. The minimum atomic E-state index is -1.12. The number of amides is 1. The number of rotatable bonds is 7. The fourth-order valence-electron chi connectivity index (χ4n) is 1.67. The molecule has 1 amide bonds. The Morgan fingerprint density at radius 2 is 2.21 bits per heavy atom. The van der Waals surface area contributed by atoms with Crippen LogP contribution < -0.4 is 5.32 Å². The Bertz CT molecular complexity index is 425. The fraction of sp³-hybridized carbons (Fsp3) is 0.462. The minimum Gasteiger partial charge on any atom is -0.477 e. The molecule has 6 nitrogen and oxygen atoms in total. The summed E-state index contributed by atoms with van der Waals surface area (Å²) in [4.78, 5) is 26.3. The van der Waals surface area contributed by atoms with Gasteiger partial charge < -0.3 is 15.2 Å². The predicted octanol–water partition coefficient (Wildman–Crippen LogP) is 1.32. The molecule has 1 aromatic rings. The first-order valence-corrected chi connectivity index (χ1v) is 6.07. The van der Waals surface area contributed by atoms with Crippen LogP contribution in [-0.2, 0) is 4.74 Å². The number of nitrogens with zero attached hydrogens (tertiary/aromatic N) is 1. The van der Waals surface area contributed by atoms with Crippen molar-refractivity contribution in [2.45, 2.75) is 25.8 Å². The number of aromatic carboxylic acids is 1. The minimum absolute atomic E-state index is 0.0540. The number of aromatic nitrogens is 1. The Morgan fingerprint density at radius 1 is 1.47 bits per heavy atom. The summed E-state index contributed by atoms with van der Waals surface area (Å²) in [6.45, 7) is 2.47. The molecule has 1 rings (SSSR count). The largest absolute Gasteiger partial charge is 0.477 e. The second kappa shape index (κ2) is 7.48. The summed E-state index contributed by atoms with van der Waals surface area (Å²) in [5, 5.41) is 11.6. The van der Waals surface area contributed by atoms with Crippen molar-refractivity contribution in [2.75, 3.05) is 13.7 Å². The van der Waals surface area contributed by atoms with Gasteiger partial charge in [0, 0.05) is 13.3 Å². The lowest BCUT2D eigenvalue weighted by molar-refractivity contribution is 0.0689. The van der Waals surface area contributed by atoms with Gasteiger partial charge in [0.05, 0.1) is 18.2 Å². The van der Waals surface area contributed by atoms with E-state index in [-0.39, 0.29) is 17.6 Å². The van der Waals surface area contributed by atoms with Gasteiger partial charge in [0.25, 0.3) is 5.91 Å². The Balaban J connectivity index is 2.68. The fourth-order valence-corrected chi connectivity index (χ4v) is 1.67. The molecule has 1 aromatic heterocycles. The lowest BCUT2D eigenvalue weighted by atomic mass is 10.1. The van der Waals surface area contributed by atoms with Gasteiger partial charge in [-0.05, 0) is 18.6 Å². The molecule has 104 valence electrons. The van der Waals surface area contributed by atoms with Gasteiger partial charge in [-0.3, -0.25) is 4.79 Å². The Hall–Kier alpha value is -1.95. The number of hydrogen-bond acceptors (Lipinski definition) is 4. The van der Waals surface area contributed by atoms with Crippen molar-refractivity contribution in [1.82, 2.24) is 10.3 Å². The maximum absolute atomic E-state index is 11.9. The second-order valence-corrected chi connectivity index (χ2v) is 4.15. The molecule has 1 heterocycles. The summed E-state index contributed by atoms with van der Waals surface area (Å²) in [6, 6.07) is 2.70. The van der Waals surface area contributed by atoms with E-state index in [1.54, 1.807) is 7.11 Å². The van der Waals surface area contributed by atoms with Crippen molar-refractivity contribution < 1.29 is 19.4 Å². The molecule has 1 unspecified atom stereocenters. The van der Waals surface area contributed by atoms with Crippen LogP contribution in [0.2, 0.25) is 0 Å². The van der Waals surface area contributed by atoms with E-state index in [0.717, 1.165) is 12.8 Å². The van der Waals surface area contributed by atoms with Crippen LogP contribution in [0.15, 0.2) is 18.3 Å².